The third-order valence-corrected chi connectivity index (χ3v) is 9.24. The van der Waals surface area contributed by atoms with Gasteiger partial charge in [-0.25, -0.2) is 0 Å². The fraction of sp³-hybridized carbons (Fsp3) is 0.902. The van der Waals surface area contributed by atoms with E-state index in [9.17, 15) is 9.59 Å². The lowest BCUT2D eigenvalue weighted by molar-refractivity contribution is -0.150. The van der Waals surface area contributed by atoms with Gasteiger partial charge >= 0.3 is 11.9 Å². The summed E-state index contributed by atoms with van der Waals surface area (Å²) in [5, 5.41) is 8.82. The lowest BCUT2D eigenvalue weighted by atomic mass is 10.0. The molecule has 0 spiro atoms. The average molecular weight is 635 g/mol. The van der Waals surface area contributed by atoms with Crippen LogP contribution in [0.4, 0.5) is 0 Å². The van der Waals surface area contributed by atoms with Crippen LogP contribution in [0.25, 0.3) is 0 Å². The van der Waals surface area contributed by atoms with Gasteiger partial charge in [0.1, 0.15) is 6.10 Å². The third kappa shape index (κ3) is 37.0. The van der Waals surface area contributed by atoms with Crippen molar-refractivity contribution in [2.75, 3.05) is 0 Å². The number of unbranched alkanes of at least 4 members (excludes halogenated alkanes) is 26. The molecule has 0 saturated carbocycles. The number of rotatable bonds is 37. The molecule has 0 saturated heterocycles. The van der Waals surface area contributed by atoms with E-state index in [2.05, 4.69) is 26.0 Å². The topological polar surface area (TPSA) is 63.6 Å². The van der Waals surface area contributed by atoms with Crippen LogP contribution in [0, 0.1) is 0 Å². The Labute approximate surface area is 281 Å². The summed E-state index contributed by atoms with van der Waals surface area (Å²) in [5.41, 5.74) is 0. The molecule has 1 unspecified atom stereocenters. The fourth-order valence-corrected chi connectivity index (χ4v) is 6.24. The summed E-state index contributed by atoms with van der Waals surface area (Å²) in [4.78, 5) is 23.4. The van der Waals surface area contributed by atoms with Crippen molar-refractivity contribution >= 4 is 11.9 Å². The van der Waals surface area contributed by atoms with Gasteiger partial charge in [0.2, 0.25) is 0 Å². The van der Waals surface area contributed by atoms with E-state index in [4.69, 9.17) is 9.84 Å². The Morgan fingerprint density at radius 1 is 0.467 bits per heavy atom. The van der Waals surface area contributed by atoms with Crippen LogP contribution in [-0.2, 0) is 14.3 Å². The molecule has 0 bridgehead atoms. The summed E-state index contributed by atoms with van der Waals surface area (Å²) in [5.74, 6) is -0.700. The number of allylic oxidation sites excluding steroid dienone is 2. The maximum absolute atomic E-state index is 12.7. The van der Waals surface area contributed by atoms with Crippen molar-refractivity contribution in [3.8, 4) is 0 Å². The van der Waals surface area contributed by atoms with Gasteiger partial charge in [0.25, 0.3) is 0 Å². The summed E-state index contributed by atoms with van der Waals surface area (Å²) in [6.07, 6.45) is 45.1. The van der Waals surface area contributed by atoms with Crippen molar-refractivity contribution in [2.45, 2.75) is 238 Å². The molecule has 0 heterocycles. The van der Waals surface area contributed by atoms with Crippen LogP contribution in [0.1, 0.15) is 232 Å². The van der Waals surface area contributed by atoms with E-state index in [-0.39, 0.29) is 18.5 Å². The number of hydrogen-bond acceptors (Lipinski definition) is 3. The fourth-order valence-electron chi connectivity index (χ4n) is 6.24. The Morgan fingerprint density at radius 2 is 0.800 bits per heavy atom. The van der Waals surface area contributed by atoms with Crippen molar-refractivity contribution < 1.29 is 19.4 Å². The molecule has 0 rings (SSSR count). The summed E-state index contributed by atoms with van der Waals surface area (Å²) >= 11 is 0. The second-order valence-corrected chi connectivity index (χ2v) is 13.8. The smallest absolute Gasteiger partial charge is 0.306 e. The minimum atomic E-state index is -0.698. The molecule has 0 aromatic carbocycles. The van der Waals surface area contributed by atoms with E-state index >= 15 is 0 Å². The predicted molar refractivity (Wildman–Crippen MR) is 195 cm³/mol. The summed E-state index contributed by atoms with van der Waals surface area (Å²) in [7, 11) is 0. The lowest BCUT2D eigenvalue weighted by Gasteiger charge is -2.18. The Hall–Kier alpha value is -1.32. The Kier molecular flexibility index (Phi) is 36.1. The lowest BCUT2D eigenvalue weighted by Crippen LogP contribution is -2.18. The number of aliphatic carboxylic acids is 1. The van der Waals surface area contributed by atoms with Gasteiger partial charge in [0.15, 0.2) is 0 Å². The first-order valence-corrected chi connectivity index (χ1v) is 20.2. The first-order chi connectivity index (χ1) is 22.1. The zero-order chi connectivity index (χ0) is 32.9. The van der Waals surface area contributed by atoms with Crippen molar-refractivity contribution in [1.82, 2.24) is 0 Å². The maximum atomic E-state index is 12.7. The molecule has 45 heavy (non-hydrogen) atoms. The third-order valence-electron chi connectivity index (χ3n) is 9.24. The van der Waals surface area contributed by atoms with Gasteiger partial charge in [-0.05, 0) is 64.2 Å². The van der Waals surface area contributed by atoms with Crippen LogP contribution in [0.15, 0.2) is 12.2 Å². The molecule has 0 radical (unpaired) electrons. The van der Waals surface area contributed by atoms with Crippen LogP contribution < -0.4 is 0 Å². The van der Waals surface area contributed by atoms with Gasteiger partial charge in [-0.1, -0.05) is 167 Å². The predicted octanol–water partition coefficient (Wildman–Crippen LogP) is 13.8. The Balaban J connectivity index is 4.03. The molecule has 0 fully saturated rings. The molecule has 0 aromatic heterocycles. The van der Waals surface area contributed by atoms with E-state index in [1.165, 1.54) is 141 Å². The van der Waals surface area contributed by atoms with E-state index in [1.807, 2.05) is 0 Å². The minimum Gasteiger partial charge on any atom is -0.481 e. The van der Waals surface area contributed by atoms with Crippen LogP contribution in [-0.4, -0.2) is 23.1 Å². The normalized spacial score (nSPS) is 12.2. The second kappa shape index (κ2) is 37.1. The highest BCUT2D eigenvalue weighted by molar-refractivity contribution is 5.69. The molecule has 0 aliphatic heterocycles. The van der Waals surface area contributed by atoms with E-state index in [0.29, 0.717) is 6.42 Å². The van der Waals surface area contributed by atoms with E-state index < -0.39 is 5.97 Å². The van der Waals surface area contributed by atoms with Crippen LogP contribution in [0.5, 0.6) is 0 Å². The molecule has 0 aliphatic carbocycles. The van der Waals surface area contributed by atoms with E-state index in [0.717, 1.165) is 64.2 Å². The first kappa shape index (κ1) is 43.7. The second-order valence-electron chi connectivity index (χ2n) is 13.8. The maximum Gasteiger partial charge on any atom is 0.306 e. The van der Waals surface area contributed by atoms with Gasteiger partial charge in [0, 0.05) is 12.8 Å². The number of carbonyl (C=O) groups is 2. The minimum absolute atomic E-state index is 0.00183. The summed E-state index contributed by atoms with van der Waals surface area (Å²) < 4.78 is 6.00. The number of hydrogen-bond donors (Lipinski definition) is 1. The highest BCUT2D eigenvalue weighted by Gasteiger charge is 2.14. The quantitative estimate of drug-likeness (QED) is 0.0419. The van der Waals surface area contributed by atoms with Crippen molar-refractivity contribution in [3.05, 3.63) is 12.2 Å². The standard InChI is InChI=1S/C41H78O4/c1-3-5-7-9-11-13-15-17-19-21-23-25-30-34-38-41(44)45-39(36-32-28-26-29-33-37-40(42)43)35-31-27-24-22-20-18-16-14-12-10-8-6-4-2/h15,17,39H,3-14,16,18-38H2,1-2H3,(H,42,43)/b17-15-. The zero-order valence-electron chi connectivity index (χ0n) is 30.4. The molecule has 0 aliphatic rings. The largest absolute Gasteiger partial charge is 0.481 e. The van der Waals surface area contributed by atoms with Crippen LogP contribution in [0.3, 0.4) is 0 Å². The van der Waals surface area contributed by atoms with Crippen LogP contribution in [0.2, 0.25) is 0 Å². The number of carboxylic acids is 1. The van der Waals surface area contributed by atoms with Crippen molar-refractivity contribution in [3.63, 3.8) is 0 Å². The Bertz CT molecular complexity index is 643. The monoisotopic (exact) mass is 635 g/mol. The molecule has 1 atom stereocenters. The highest BCUT2D eigenvalue weighted by atomic mass is 16.5. The van der Waals surface area contributed by atoms with Gasteiger partial charge in [-0.3, -0.25) is 9.59 Å². The van der Waals surface area contributed by atoms with Crippen molar-refractivity contribution in [1.29, 1.82) is 0 Å². The number of ether oxygens (including phenoxy) is 1. The number of carboxylic acid groups (broad SMARTS) is 1. The first-order valence-electron chi connectivity index (χ1n) is 20.2. The van der Waals surface area contributed by atoms with Gasteiger partial charge in [-0.15, -0.1) is 0 Å². The van der Waals surface area contributed by atoms with Crippen molar-refractivity contribution in [2.24, 2.45) is 0 Å². The molecule has 0 aromatic rings. The molecule has 4 heteroatoms. The van der Waals surface area contributed by atoms with Gasteiger partial charge in [-0.2, -0.15) is 0 Å². The zero-order valence-corrected chi connectivity index (χ0v) is 30.4. The molecule has 4 nitrogen and oxygen atoms in total. The van der Waals surface area contributed by atoms with Crippen LogP contribution >= 0.6 is 0 Å². The molecular formula is C41H78O4. The molecule has 0 amide bonds. The average Bonchev–Trinajstić information content (AvgIpc) is 3.02. The number of carbonyl (C=O) groups excluding carboxylic acids is 1. The SMILES string of the molecule is CCCCCCC/C=C\CCCCCCCC(=O)OC(CCCCCCCCCCCCCCC)CCCCCCCC(=O)O. The summed E-state index contributed by atoms with van der Waals surface area (Å²) in [6.45, 7) is 4.55. The number of esters is 1. The van der Waals surface area contributed by atoms with Gasteiger partial charge < -0.3 is 9.84 Å². The van der Waals surface area contributed by atoms with Gasteiger partial charge in [0.05, 0.1) is 0 Å². The molecule has 1 N–H and O–H groups in total. The summed E-state index contributed by atoms with van der Waals surface area (Å²) in [6, 6.07) is 0. The highest BCUT2D eigenvalue weighted by Crippen LogP contribution is 2.19. The molecular weight excluding hydrogens is 556 g/mol. The Morgan fingerprint density at radius 3 is 1.20 bits per heavy atom. The molecule has 266 valence electrons. The van der Waals surface area contributed by atoms with E-state index in [1.54, 1.807) is 0 Å².